The highest BCUT2D eigenvalue weighted by Crippen LogP contribution is 2.69. The molecule has 1 spiro atoms. The summed E-state index contributed by atoms with van der Waals surface area (Å²) in [7, 11) is 1.75. The van der Waals surface area contributed by atoms with Crippen LogP contribution in [0.15, 0.2) is 55.1 Å². The van der Waals surface area contributed by atoms with Crippen LogP contribution in [0.3, 0.4) is 0 Å². The van der Waals surface area contributed by atoms with Crippen LogP contribution >= 0.6 is 0 Å². The number of hydrogen-bond acceptors (Lipinski definition) is 5. The smallest absolute Gasteiger partial charge is 0.504 e. The van der Waals surface area contributed by atoms with Crippen LogP contribution in [0.2, 0.25) is 0 Å². The highest BCUT2D eigenvalue weighted by atomic mass is 19.4. The number of amides is 1. The van der Waals surface area contributed by atoms with Gasteiger partial charge in [-0.2, -0.15) is 0 Å². The molecule has 2 aliphatic carbocycles. The first kappa shape index (κ1) is 26.7. The number of aromatic hydroxyl groups is 1. The normalized spacial score (nSPS) is 30.5. The molecular formula is C31H33F3N2O4. The third-order valence-electron chi connectivity index (χ3n) is 9.83. The van der Waals surface area contributed by atoms with E-state index >= 15 is 0 Å². The highest BCUT2D eigenvalue weighted by molar-refractivity contribution is 5.92. The summed E-state index contributed by atoms with van der Waals surface area (Å²) in [5, 5.41) is 10.8. The first-order valence-electron chi connectivity index (χ1n) is 13.7. The number of likely N-dealkylation sites (N-methyl/N-ethyl adjacent to an activating group) is 1. The zero-order valence-corrected chi connectivity index (χ0v) is 22.6. The predicted octanol–water partition coefficient (Wildman–Crippen LogP) is 5.45. The second-order valence-corrected chi connectivity index (χ2v) is 11.6. The molecule has 1 saturated heterocycles. The number of alkyl halides is 3. The summed E-state index contributed by atoms with van der Waals surface area (Å²) in [6.45, 7) is 8.01. The predicted molar refractivity (Wildman–Crippen MR) is 144 cm³/mol. The number of nitrogens with zero attached hydrogens (tertiary/aromatic N) is 2. The SMILES string of the molecule is C=CCN1CC[C@]23c4c5ccc(O)c4O[C@H]2[C@@H](N(C)C(=O)C=Cc2cccc(OC(F)(F)F)c2)CC[C@@]3(C)[C@H]1C5. The van der Waals surface area contributed by atoms with Crippen molar-refractivity contribution in [2.75, 3.05) is 20.1 Å². The van der Waals surface area contributed by atoms with Crippen molar-refractivity contribution in [2.24, 2.45) is 5.41 Å². The van der Waals surface area contributed by atoms with Crippen molar-refractivity contribution in [1.29, 1.82) is 0 Å². The first-order valence-corrected chi connectivity index (χ1v) is 13.7. The lowest BCUT2D eigenvalue weighted by Gasteiger charge is -2.66. The Balaban J connectivity index is 1.31. The lowest BCUT2D eigenvalue weighted by molar-refractivity contribution is -0.274. The highest BCUT2D eigenvalue weighted by Gasteiger charge is 2.71. The minimum absolute atomic E-state index is 0.111. The third-order valence-corrected chi connectivity index (χ3v) is 9.83. The van der Waals surface area contributed by atoms with Crippen LogP contribution < -0.4 is 9.47 Å². The molecule has 1 amide bonds. The van der Waals surface area contributed by atoms with E-state index in [2.05, 4.69) is 23.1 Å². The van der Waals surface area contributed by atoms with Crippen molar-refractivity contribution >= 4 is 12.0 Å². The van der Waals surface area contributed by atoms with Crippen LogP contribution in [0.5, 0.6) is 17.2 Å². The van der Waals surface area contributed by atoms with E-state index in [1.54, 1.807) is 24.1 Å². The van der Waals surface area contributed by atoms with Crippen LogP contribution in [-0.2, 0) is 16.6 Å². The summed E-state index contributed by atoms with van der Waals surface area (Å²) < 4.78 is 48.5. The van der Waals surface area contributed by atoms with Crippen molar-refractivity contribution < 1.29 is 32.5 Å². The zero-order chi connectivity index (χ0) is 28.4. The van der Waals surface area contributed by atoms with Crippen LogP contribution in [0.25, 0.3) is 6.08 Å². The molecular weight excluding hydrogens is 521 g/mol. The Morgan fingerprint density at radius 2 is 2.10 bits per heavy atom. The summed E-state index contributed by atoms with van der Waals surface area (Å²) in [6.07, 6.45) is 3.06. The van der Waals surface area contributed by atoms with Crippen molar-refractivity contribution in [3.8, 4) is 17.2 Å². The molecule has 9 heteroatoms. The van der Waals surface area contributed by atoms with E-state index in [0.717, 1.165) is 44.3 Å². The number of carbonyl (C=O) groups excluding carboxylic acids is 1. The molecule has 212 valence electrons. The second-order valence-electron chi connectivity index (χ2n) is 11.6. The van der Waals surface area contributed by atoms with Crippen molar-refractivity contribution in [3.63, 3.8) is 0 Å². The number of halogens is 3. The van der Waals surface area contributed by atoms with Gasteiger partial charge in [-0.3, -0.25) is 9.69 Å². The van der Waals surface area contributed by atoms with Gasteiger partial charge in [-0.25, -0.2) is 0 Å². The Kier molecular flexibility index (Phi) is 6.22. The van der Waals surface area contributed by atoms with Gasteiger partial charge in [0, 0.05) is 36.7 Å². The zero-order valence-electron chi connectivity index (χ0n) is 22.6. The van der Waals surface area contributed by atoms with Crippen LogP contribution in [-0.4, -0.2) is 65.5 Å². The molecule has 6 nitrogen and oxygen atoms in total. The van der Waals surface area contributed by atoms with Gasteiger partial charge in [-0.1, -0.05) is 31.2 Å². The molecule has 2 aromatic carbocycles. The number of phenols is 1. The van der Waals surface area contributed by atoms with Gasteiger partial charge in [0.1, 0.15) is 11.9 Å². The minimum Gasteiger partial charge on any atom is -0.504 e. The number of carbonyl (C=O) groups is 1. The molecule has 1 N–H and O–H groups in total. The number of likely N-dealkylation sites (tertiary alicyclic amines) is 1. The van der Waals surface area contributed by atoms with Crippen LogP contribution in [0.4, 0.5) is 13.2 Å². The number of phenolic OH excluding ortho intramolecular Hbond substituents is 1. The minimum atomic E-state index is -4.79. The topological polar surface area (TPSA) is 62.2 Å². The Morgan fingerprint density at radius 3 is 2.85 bits per heavy atom. The lowest BCUT2D eigenvalue weighted by atomic mass is 9.43. The average molecular weight is 555 g/mol. The van der Waals surface area contributed by atoms with Crippen molar-refractivity contribution in [3.05, 3.63) is 71.8 Å². The molecule has 2 heterocycles. The Labute approximate surface area is 231 Å². The molecule has 6 rings (SSSR count). The van der Waals surface area contributed by atoms with Gasteiger partial charge in [-0.05, 0) is 73.0 Å². The molecule has 40 heavy (non-hydrogen) atoms. The van der Waals surface area contributed by atoms with E-state index in [-0.39, 0.29) is 40.4 Å². The number of benzene rings is 2. The van der Waals surface area contributed by atoms with E-state index in [9.17, 15) is 23.1 Å². The lowest BCUT2D eigenvalue weighted by Crippen LogP contribution is -2.73. The summed E-state index contributed by atoms with van der Waals surface area (Å²) in [5.74, 6) is 0.0654. The van der Waals surface area contributed by atoms with E-state index in [0.29, 0.717) is 17.4 Å². The second kappa shape index (κ2) is 9.29. The third kappa shape index (κ3) is 3.92. The standard InChI is InChI=1S/C31H33F3N2O4/c1-4-15-36-16-14-30-26-20-9-10-23(37)27(26)39-28(30)22(12-13-29(30,2)24(36)18-20)35(3)25(38)11-8-19-6-5-7-21(17-19)40-31(32,33)34/h4-11,17,22,24,28,37H,1,12-16,18H2,2-3H3/t22-,24+,28-,29-,30-/m0/s1. The largest absolute Gasteiger partial charge is 0.573 e. The Hall–Kier alpha value is -3.46. The fraction of sp³-hybridized carbons (Fsp3) is 0.452. The molecule has 2 aliphatic heterocycles. The molecule has 2 bridgehead atoms. The summed E-state index contributed by atoms with van der Waals surface area (Å²) in [6, 6.07) is 9.29. The van der Waals surface area contributed by atoms with Crippen molar-refractivity contribution in [1.82, 2.24) is 9.80 Å². The van der Waals surface area contributed by atoms with Gasteiger partial charge in [0.15, 0.2) is 11.5 Å². The summed E-state index contributed by atoms with van der Waals surface area (Å²) in [5.41, 5.74) is 2.27. The van der Waals surface area contributed by atoms with E-state index < -0.39 is 6.36 Å². The van der Waals surface area contributed by atoms with Gasteiger partial charge in [0.2, 0.25) is 5.91 Å². The van der Waals surface area contributed by atoms with Crippen LogP contribution in [0.1, 0.15) is 42.9 Å². The van der Waals surface area contributed by atoms with E-state index in [1.807, 2.05) is 12.1 Å². The van der Waals surface area contributed by atoms with Gasteiger partial charge in [0.25, 0.3) is 0 Å². The maximum Gasteiger partial charge on any atom is 0.573 e. The number of rotatable bonds is 6. The van der Waals surface area contributed by atoms with Crippen molar-refractivity contribution in [2.45, 2.75) is 62.6 Å². The Morgan fingerprint density at radius 1 is 1.30 bits per heavy atom. The average Bonchev–Trinajstić information content (AvgIpc) is 3.25. The molecule has 0 aromatic heterocycles. The molecule has 2 fully saturated rings. The number of hydrogen-bond donors (Lipinski definition) is 1. The van der Waals surface area contributed by atoms with Gasteiger partial charge in [0.05, 0.1) is 6.04 Å². The summed E-state index contributed by atoms with van der Waals surface area (Å²) >= 11 is 0. The first-order chi connectivity index (χ1) is 19.0. The summed E-state index contributed by atoms with van der Waals surface area (Å²) in [4.78, 5) is 17.6. The quantitative estimate of drug-likeness (QED) is 0.380. The monoisotopic (exact) mass is 554 g/mol. The molecule has 0 radical (unpaired) electrons. The Bertz CT molecular complexity index is 1390. The van der Waals surface area contributed by atoms with Gasteiger partial charge < -0.3 is 19.5 Å². The maximum atomic E-state index is 13.4. The fourth-order valence-electron chi connectivity index (χ4n) is 8.10. The fourth-order valence-corrected chi connectivity index (χ4v) is 8.10. The molecule has 1 saturated carbocycles. The number of piperidine rings is 1. The molecule has 0 unspecified atom stereocenters. The molecule has 5 atom stereocenters. The van der Waals surface area contributed by atoms with E-state index in [1.165, 1.54) is 35.9 Å². The maximum absolute atomic E-state index is 13.4. The molecule has 2 aromatic rings. The van der Waals surface area contributed by atoms with E-state index in [4.69, 9.17) is 4.74 Å². The van der Waals surface area contributed by atoms with Crippen LogP contribution in [0, 0.1) is 5.41 Å². The van der Waals surface area contributed by atoms with Gasteiger partial charge in [-0.15, -0.1) is 19.8 Å². The molecule has 4 aliphatic rings. The van der Waals surface area contributed by atoms with Gasteiger partial charge >= 0.3 is 6.36 Å². The number of ether oxygens (including phenoxy) is 2.